The SMILES string of the molecule is Cc1sc2nc(CSC(C)C(=O)NCC(=O)O)[nH]c(=O)c2c1C. The van der Waals surface area contributed by atoms with E-state index in [4.69, 9.17) is 5.11 Å². The number of amides is 1. The van der Waals surface area contributed by atoms with E-state index in [-0.39, 0.29) is 11.5 Å². The Balaban J connectivity index is 2.06. The molecule has 23 heavy (non-hydrogen) atoms. The number of aryl methyl sites for hydroxylation is 2. The fourth-order valence-corrected chi connectivity index (χ4v) is 3.78. The molecule has 0 radical (unpaired) electrons. The van der Waals surface area contributed by atoms with Crippen molar-refractivity contribution in [3.63, 3.8) is 0 Å². The van der Waals surface area contributed by atoms with Gasteiger partial charge in [-0.25, -0.2) is 4.98 Å². The first-order chi connectivity index (χ1) is 10.8. The van der Waals surface area contributed by atoms with Crippen LogP contribution in [0.1, 0.15) is 23.2 Å². The van der Waals surface area contributed by atoms with Crippen LogP contribution in [0.3, 0.4) is 0 Å². The van der Waals surface area contributed by atoms with E-state index in [2.05, 4.69) is 15.3 Å². The Morgan fingerprint density at radius 2 is 2.13 bits per heavy atom. The summed E-state index contributed by atoms with van der Waals surface area (Å²) in [6.45, 7) is 5.12. The number of carbonyl (C=O) groups is 2. The lowest BCUT2D eigenvalue weighted by atomic mass is 10.2. The van der Waals surface area contributed by atoms with E-state index in [0.717, 1.165) is 10.4 Å². The number of hydrogen-bond donors (Lipinski definition) is 3. The predicted octanol–water partition coefficient (Wildman–Crippen LogP) is 1.42. The van der Waals surface area contributed by atoms with Crippen molar-refractivity contribution in [3.8, 4) is 0 Å². The zero-order valence-corrected chi connectivity index (χ0v) is 14.6. The van der Waals surface area contributed by atoms with Crippen LogP contribution in [0.4, 0.5) is 0 Å². The number of carboxylic acid groups (broad SMARTS) is 1. The molecule has 0 aliphatic rings. The first kappa shape index (κ1) is 17.5. The van der Waals surface area contributed by atoms with Crippen LogP contribution in [-0.2, 0) is 15.3 Å². The van der Waals surface area contributed by atoms with E-state index in [1.54, 1.807) is 6.92 Å². The molecule has 2 aromatic rings. The average Bonchev–Trinajstić information content (AvgIpc) is 2.77. The highest BCUT2D eigenvalue weighted by atomic mass is 32.2. The largest absolute Gasteiger partial charge is 0.480 e. The van der Waals surface area contributed by atoms with Crippen molar-refractivity contribution in [1.82, 2.24) is 15.3 Å². The first-order valence-corrected chi connectivity index (χ1v) is 8.76. The number of thiophene rings is 1. The van der Waals surface area contributed by atoms with Crippen LogP contribution < -0.4 is 10.9 Å². The highest BCUT2D eigenvalue weighted by Crippen LogP contribution is 2.26. The van der Waals surface area contributed by atoms with Gasteiger partial charge in [-0.15, -0.1) is 23.1 Å². The first-order valence-electron chi connectivity index (χ1n) is 6.89. The number of H-pyrrole nitrogens is 1. The molecule has 0 aromatic carbocycles. The number of nitrogens with zero attached hydrogens (tertiary/aromatic N) is 1. The maximum Gasteiger partial charge on any atom is 0.322 e. The smallest absolute Gasteiger partial charge is 0.322 e. The molecule has 0 fully saturated rings. The molecule has 0 aliphatic carbocycles. The normalized spacial score (nSPS) is 12.3. The van der Waals surface area contributed by atoms with Crippen LogP contribution in [0.25, 0.3) is 10.2 Å². The number of thioether (sulfide) groups is 1. The summed E-state index contributed by atoms with van der Waals surface area (Å²) in [4.78, 5) is 43.2. The molecule has 3 N–H and O–H groups in total. The van der Waals surface area contributed by atoms with E-state index >= 15 is 0 Å². The quantitative estimate of drug-likeness (QED) is 0.722. The standard InChI is InChI=1S/C14H17N3O4S2/c1-6-7(2)23-14-11(6)13(21)16-9(17-14)5-22-8(3)12(20)15-4-10(18)19/h8H,4-5H2,1-3H3,(H,15,20)(H,18,19)(H,16,17,21). The number of fused-ring (bicyclic) bond motifs is 1. The number of aliphatic carboxylic acids is 1. The fraction of sp³-hybridized carbons (Fsp3) is 0.429. The van der Waals surface area contributed by atoms with Crippen molar-refractivity contribution in [1.29, 1.82) is 0 Å². The molecule has 0 saturated carbocycles. The van der Waals surface area contributed by atoms with Crippen LogP contribution in [0, 0.1) is 13.8 Å². The van der Waals surface area contributed by atoms with Crippen molar-refractivity contribution >= 4 is 45.2 Å². The van der Waals surface area contributed by atoms with Gasteiger partial charge in [0, 0.05) is 4.88 Å². The second kappa shape index (κ2) is 7.14. The molecule has 7 nitrogen and oxygen atoms in total. The number of carbonyl (C=O) groups excluding carboxylic acids is 1. The molecule has 1 atom stereocenters. The number of aromatic amines is 1. The van der Waals surface area contributed by atoms with Crippen molar-refractivity contribution in [2.75, 3.05) is 6.54 Å². The van der Waals surface area contributed by atoms with Crippen LogP contribution >= 0.6 is 23.1 Å². The Bertz CT molecular complexity index is 812. The molecule has 0 saturated heterocycles. The summed E-state index contributed by atoms with van der Waals surface area (Å²) in [7, 11) is 0. The van der Waals surface area contributed by atoms with Gasteiger partial charge in [0.15, 0.2) is 0 Å². The second-order valence-electron chi connectivity index (χ2n) is 5.04. The van der Waals surface area contributed by atoms with Gasteiger partial charge in [0.1, 0.15) is 17.2 Å². The van der Waals surface area contributed by atoms with Gasteiger partial charge < -0.3 is 15.4 Å². The van der Waals surface area contributed by atoms with Crippen molar-refractivity contribution in [3.05, 3.63) is 26.6 Å². The molecule has 9 heteroatoms. The molecule has 2 heterocycles. The van der Waals surface area contributed by atoms with Gasteiger partial charge in [-0.3, -0.25) is 14.4 Å². The summed E-state index contributed by atoms with van der Waals surface area (Å²) in [5.74, 6) is -0.575. The van der Waals surface area contributed by atoms with Crippen molar-refractivity contribution in [2.45, 2.75) is 31.8 Å². The van der Waals surface area contributed by atoms with E-state index in [9.17, 15) is 14.4 Å². The van der Waals surface area contributed by atoms with Gasteiger partial charge in [0.05, 0.1) is 16.4 Å². The third kappa shape index (κ3) is 4.11. The van der Waals surface area contributed by atoms with E-state index in [0.29, 0.717) is 21.8 Å². The summed E-state index contributed by atoms with van der Waals surface area (Å²) in [5.41, 5.74) is 0.773. The zero-order valence-electron chi connectivity index (χ0n) is 12.9. The highest BCUT2D eigenvalue weighted by molar-refractivity contribution is 7.99. The van der Waals surface area contributed by atoms with Crippen LogP contribution in [0.5, 0.6) is 0 Å². The Morgan fingerprint density at radius 1 is 1.43 bits per heavy atom. The van der Waals surface area contributed by atoms with Gasteiger partial charge in [0.25, 0.3) is 5.56 Å². The monoisotopic (exact) mass is 355 g/mol. The Kier molecular flexibility index (Phi) is 5.42. The Labute approximate surface area is 140 Å². The number of aromatic nitrogens is 2. The maximum atomic E-state index is 12.1. The average molecular weight is 355 g/mol. The third-order valence-electron chi connectivity index (χ3n) is 3.34. The van der Waals surface area contributed by atoms with Crippen LogP contribution in [0.15, 0.2) is 4.79 Å². The Morgan fingerprint density at radius 3 is 2.78 bits per heavy atom. The number of hydrogen-bond acceptors (Lipinski definition) is 6. The molecule has 1 amide bonds. The molecule has 0 bridgehead atoms. The predicted molar refractivity (Wildman–Crippen MR) is 91.1 cm³/mol. The molecular weight excluding hydrogens is 338 g/mol. The molecule has 2 rings (SSSR count). The summed E-state index contributed by atoms with van der Waals surface area (Å²) in [5, 5.41) is 11.0. The fourth-order valence-electron chi connectivity index (χ4n) is 1.95. The summed E-state index contributed by atoms with van der Waals surface area (Å²) >= 11 is 2.76. The molecule has 2 aromatic heterocycles. The molecule has 1 unspecified atom stereocenters. The van der Waals surface area contributed by atoms with Gasteiger partial charge in [0.2, 0.25) is 5.91 Å². The lowest BCUT2D eigenvalue weighted by molar-refractivity contribution is -0.137. The minimum atomic E-state index is -1.09. The van der Waals surface area contributed by atoms with Gasteiger partial charge in [-0.05, 0) is 26.3 Å². The van der Waals surface area contributed by atoms with Gasteiger partial charge in [-0.2, -0.15) is 0 Å². The Hall–Kier alpha value is -1.87. The summed E-state index contributed by atoms with van der Waals surface area (Å²) in [6.07, 6.45) is 0. The molecular formula is C14H17N3O4S2. The van der Waals surface area contributed by atoms with Crippen molar-refractivity contribution < 1.29 is 14.7 Å². The lowest BCUT2D eigenvalue weighted by Gasteiger charge is -2.10. The second-order valence-corrected chi connectivity index (χ2v) is 7.57. The van der Waals surface area contributed by atoms with Crippen molar-refractivity contribution in [2.24, 2.45) is 0 Å². The number of carboxylic acids is 1. The highest BCUT2D eigenvalue weighted by Gasteiger charge is 2.16. The third-order valence-corrected chi connectivity index (χ3v) is 5.60. The lowest BCUT2D eigenvalue weighted by Crippen LogP contribution is -2.34. The number of nitrogens with one attached hydrogen (secondary N) is 2. The van der Waals surface area contributed by atoms with E-state index < -0.39 is 17.8 Å². The number of rotatable bonds is 6. The van der Waals surface area contributed by atoms with Gasteiger partial charge >= 0.3 is 5.97 Å². The molecule has 0 aliphatic heterocycles. The topological polar surface area (TPSA) is 112 Å². The van der Waals surface area contributed by atoms with Gasteiger partial charge in [-0.1, -0.05) is 0 Å². The maximum absolute atomic E-state index is 12.1. The van der Waals surface area contributed by atoms with Crippen LogP contribution in [-0.4, -0.2) is 38.7 Å². The van der Waals surface area contributed by atoms with E-state index in [1.165, 1.54) is 23.1 Å². The minimum absolute atomic E-state index is 0.171. The molecule has 0 spiro atoms. The summed E-state index contributed by atoms with van der Waals surface area (Å²) < 4.78 is 0. The minimum Gasteiger partial charge on any atom is -0.480 e. The van der Waals surface area contributed by atoms with Crippen LogP contribution in [0.2, 0.25) is 0 Å². The molecule has 124 valence electrons. The summed E-state index contributed by atoms with van der Waals surface area (Å²) in [6, 6.07) is 0. The zero-order chi connectivity index (χ0) is 17.1. The van der Waals surface area contributed by atoms with E-state index in [1.807, 2.05) is 13.8 Å².